The van der Waals surface area contributed by atoms with E-state index in [0.29, 0.717) is 5.41 Å². The SMILES string of the molecule is CCCCC(C)(C)C1C(C)C2CC21C. The zero-order chi connectivity index (χ0) is 10.6. The Morgan fingerprint density at radius 2 is 2.00 bits per heavy atom. The molecule has 0 aliphatic heterocycles. The Balaban J connectivity index is 2.00. The molecule has 0 aromatic heterocycles. The molecular formula is C14H26. The van der Waals surface area contributed by atoms with Crippen molar-refractivity contribution >= 4 is 0 Å². The summed E-state index contributed by atoms with van der Waals surface area (Å²) in [6.07, 6.45) is 5.72. The molecule has 0 nitrogen and oxygen atoms in total. The van der Waals surface area contributed by atoms with E-state index in [9.17, 15) is 0 Å². The van der Waals surface area contributed by atoms with E-state index < -0.39 is 0 Å². The van der Waals surface area contributed by atoms with Gasteiger partial charge in [0.2, 0.25) is 0 Å². The molecule has 2 fully saturated rings. The Kier molecular flexibility index (Phi) is 2.25. The maximum absolute atomic E-state index is 2.52. The van der Waals surface area contributed by atoms with Crippen LogP contribution in [0.1, 0.15) is 60.3 Å². The van der Waals surface area contributed by atoms with Crippen molar-refractivity contribution in [3.05, 3.63) is 0 Å². The number of hydrogen-bond acceptors (Lipinski definition) is 0. The van der Waals surface area contributed by atoms with Gasteiger partial charge in [-0.3, -0.25) is 0 Å². The predicted octanol–water partition coefficient (Wildman–Crippen LogP) is 4.49. The van der Waals surface area contributed by atoms with Crippen LogP contribution in [0, 0.1) is 28.6 Å². The zero-order valence-corrected chi connectivity index (χ0v) is 10.6. The minimum absolute atomic E-state index is 0.594. The molecule has 2 saturated carbocycles. The van der Waals surface area contributed by atoms with Gasteiger partial charge in [-0.15, -0.1) is 0 Å². The van der Waals surface area contributed by atoms with Crippen molar-refractivity contribution in [2.45, 2.75) is 60.3 Å². The molecule has 0 spiro atoms. The molecule has 4 atom stereocenters. The highest BCUT2D eigenvalue weighted by molar-refractivity contribution is 5.19. The second-order valence-electron chi connectivity index (χ2n) is 6.75. The summed E-state index contributed by atoms with van der Waals surface area (Å²) in [4.78, 5) is 0. The van der Waals surface area contributed by atoms with E-state index in [4.69, 9.17) is 0 Å². The van der Waals surface area contributed by atoms with Gasteiger partial charge < -0.3 is 0 Å². The molecule has 0 aromatic rings. The molecule has 0 bridgehead atoms. The second-order valence-corrected chi connectivity index (χ2v) is 6.75. The molecule has 2 aliphatic carbocycles. The first-order valence-electron chi connectivity index (χ1n) is 6.43. The first-order chi connectivity index (χ1) is 6.43. The van der Waals surface area contributed by atoms with Crippen LogP contribution in [0.3, 0.4) is 0 Å². The Hall–Kier alpha value is 0. The van der Waals surface area contributed by atoms with Gasteiger partial charge in [-0.2, -0.15) is 0 Å². The lowest BCUT2D eigenvalue weighted by molar-refractivity contribution is -0.0246. The maximum Gasteiger partial charge on any atom is -0.0256 e. The fraction of sp³-hybridized carbons (Fsp3) is 1.00. The van der Waals surface area contributed by atoms with E-state index in [1.165, 1.54) is 25.7 Å². The predicted molar refractivity (Wildman–Crippen MR) is 62.2 cm³/mol. The van der Waals surface area contributed by atoms with Crippen molar-refractivity contribution in [3.8, 4) is 0 Å². The summed E-state index contributed by atoms with van der Waals surface area (Å²) in [5.41, 5.74) is 1.35. The summed E-state index contributed by atoms with van der Waals surface area (Å²) in [5, 5.41) is 0. The largest absolute Gasteiger partial charge is 0.0654 e. The molecule has 0 heterocycles. The van der Waals surface area contributed by atoms with Crippen LogP contribution < -0.4 is 0 Å². The highest BCUT2D eigenvalue weighted by Gasteiger charge is 2.71. The molecule has 2 aliphatic rings. The molecule has 82 valence electrons. The average molecular weight is 194 g/mol. The first kappa shape index (κ1) is 10.5. The molecule has 0 amide bonds. The third-order valence-corrected chi connectivity index (χ3v) is 5.23. The van der Waals surface area contributed by atoms with Gasteiger partial charge in [-0.05, 0) is 41.4 Å². The molecule has 0 aromatic carbocycles. The van der Waals surface area contributed by atoms with E-state index in [0.717, 1.165) is 23.2 Å². The van der Waals surface area contributed by atoms with Gasteiger partial charge in [0.1, 0.15) is 0 Å². The van der Waals surface area contributed by atoms with Gasteiger partial charge in [-0.25, -0.2) is 0 Å². The van der Waals surface area contributed by atoms with Crippen LogP contribution >= 0.6 is 0 Å². The van der Waals surface area contributed by atoms with Crippen LogP contribution in [0.4, 0.5) is 0 Å². The number of unbranched alkanes of at least 4 members (excludes halogenated alkanes) is 1. The van der Waals surface area contributed by atoms with Crippen molar-refractivity contribution in [2.24, 2.45) is 28.6 Å². The van der Waals surface area contributed by atoms with E-state index in [2.05, 4.69) is 34.6 Å². The minimum Gasteiger partial charge on any atom is -0.0654 e. The van der Waals surface area contributed by atoms with Crippen LogP contribution in [0.5, 0.6) is 0 Å². The Morgan fingerprint density at radius 3 is 2.43 bits per heavy atom. The molecule has 2 rings (SSSR count). The van der Waals surface area contributed by atoms with Gasteiger partial charge in [0.15, 0.2) is 0 Å². The number of hydrogen-bond donors (Lipinski definition) is 0. The van der Waals surface area contributed by atoms with Crippen molar-refractivity contribution in [2.75, 3.05) is 0 Å². The molecule has 0 heteroatoms. The van der Waals surface area contributed by atoms with E-state index in [1.54, 1.807) is 0 Å². The van der Waals surface area contributed by atoms with Crippen molar-refractivity contribution in [3.63, 3.8) is 0 Å². The minimum atomic E-state index is 0.594. The number of rotatable bonds is 4. The maximum atomic E-state index is 2.52. The Labute approximate surface area is 89.5 Å². The molecule has 4 unspecified atom stereocenters. The quantitative estimate of drug-likeness (QED) is 0.618. The van der Waals surface area contributed by atoms with Crippen molar-refractivity contribution < 1.29 is 0 Å². The van der Waals surface area contributed by atoms with Crippen LogP contribution in [0.15, 0.2) is 0 Å². The lowest BCUT2D eigenvalue weighted by atomic mass is 9.54. The smallest absolute Gasteiger partial charge is 0.0256 e. The third kappa shape index (κ3) is 1.26. The first-order valence-corrected chi connectivity index (χ1v) is 6.43. The number of fused-ring (bicyclic) bond motifs is 1. The lowest BCUT2D eigenvalue weighted by Gasteiger charge is -2.50. The van der Waals surface area contributed by atoms with Gasteiger partial charge in [-0.1, -0.05) is 47.5 Å². The van der Waals surface area contributed by atoms with Crippen LogP contribution in [-0.4, -0.2) is 0 Å². The topological polar surface area (TPSA) is 0 Å². The summed E-state index contributed by atoms with van der Waals surface area (Å²) >= 11 is 0. The fourth-order valence-corrected chi connectivity index (χ4v) is 4.67. The summed E-state index contributed by atoms with van der Waals surface area (Å²) in [6, 6.07) is 0. The summed E-state index contributed by atoms with van der Waals surface area (Å²) in [5.74, 6) is 3.10. The summed E-state index contributed by atoms with van der Waals surface area (Å²) < 4.78 is 0. The highest BCUT2D eigenvalue weighted by atomic mass is 14.8. The van der Waals surface area contributed by atoms with Crippen LogP contribution in [0.2, 0.25) is 0 Å². The summed E-state index contributed by atoms with van der Waals surface area (Å²) in [6.45, 7) is 12.3. The molecule has 0 N–H and O–H groups in total. The van der Waals surface area contributed by atoms with E-state index in [-0.39, 0.29) is 0 Å². The van der Waals surface area contributed by atoms with Gasteiger partial charge in [0.25, 0.3) is 0 Å². The van der Waals surface area contributed by atoms with Crippen LogP contribution in [0.25, 0.3) is 0 Å². The second kappa shape index (κ2) is 3.00. The standard InChI is InChI=1S/C14H26/c1-6-7-8-13(3,4)12-10(2)11-9-14(11,12)5/h10-12H,6-9H2,1-5H3. The van der Waals surface area contributed by atoms with Crippen molar-refractivity contribution in [1.29, 1.82) is 0 Å². The third-order valence-electron chi connectivity index (χ3n) is 5.23. The normalized spacial score (nSPS) is 45.6. The average Bonchev–Trinajstić information content (AvgIpc) is 2.68. The van der Waals surface area contributed by atoms with E-state index in [1.807, 2.05) is 0 Å². The highest BCUT2D eigenvalue weighted by Crippen LogP contribution is 2.77. The lowest BCUT2D eigenvalue weighted by Crippen LogP contribution is -2.45. The molecule has 0 radical (unpaired) electrons. The van der Waals surface area contributed by atoms with E-state index >= 15 is 0 Å². The fourth-order valence-electron chi connectivity index (χ4n) is 4.67. The Bertz CT molecular complexity index is 228. The van der Waals surface area contributed by atoms with Gasteiger partial charge in [0, 0.05) is 0 Å². The Morgan fingerprint density at radius 1 is 1.36 bits per heavy atom. The van der Waals surface area contributed by atoms with Gasteiger partial charge in [0.05, 0.1) is 0 Å². The summed E-state index contributed by atoms with van der Waals surface area (Å²) in [7, 11) is 0. The monoisotopic (exact) mass is 194 g/mol. The van der Waals surface area contributed by atoms with Crippen LogP contribution in [-0.2, 0) is 0 Å². The molecule has 0 saturated heterocycles. The zero-order valence-electron chi connectivity index (χ0n) is 10.6. The molecule has 14 heavy (non-hydrogen) atoms. The van der Waals surface area contributed by atoms with Gasteiger partial charge >= 0.3 is 0 Å². The van der Waals surface area contributed by atoms with Crippen molar-refractivity contribution in [1.82, 2.24) is 0 Å². The molecular weight excluding hydrogens is 168 g/mol.